The molecule has 4 heteroatoms. The second-order valence-electron chi connectivity index (χ2n) is 3.14. The third kappa shape index (κ3) is 2.04. The summed E-state index contributed by atoms with van der Waals surface area (Å²) < 4.78 is 13.3. The number of nitrogens with zero attached hydrogens (tertiary/aromatic N) is 1. The van der Waals surface area contributed by atoms with Crippen molar-refractivity contribution in [3.8, 4) is 0 Å². The van der Waals surface area contributed by atoms with Crippen LogP contribution in [-0.2, 0) is 0 Å². The van der Waals surface area contributed by atoms with Crippen molar-refractivity contribution in [3.05, 3.63) is 35.1 Å². The van der Waals surface area contributed by atoms with Crippen molar-refractivity contribution in [1.82, 2.24) is 5.32 Å². The maximum Gasteiger partial charge on any atom is 0.134 e. The Kier molecular flexibility index (Phi) is 3.47. The normalized spacial score (nSPS) is 14.3. The monoisotopic (exact) mass is 214 g/mol. The van der Waals surface area contributed by atoms with Crippen LogP contribution < -0.4 is 5.32 Å². The van der Waals surface area contributed by atoms with E-state index in [1.165, 1.54) is 6.07 Å². The Bertz CT molecular complexity index is 363. The van der Waals surface area contributed by atoms with Gasteiger partial charge in [-0.05, 0) is 19.1 Å². The van der Waals surface area contributed by atoms with Gasteiger partial charge in [-0.25, -0.2) is 4.39 Å². The van der Waals surface area contributed by atoms with Crippen LogP contribution in [-0.4, -0.2) is 18.9 Å². The van der Waals surface area contributed by atoms with E-state index in [4.69, 9.17) is 0 Å². The molecule has 0 unspecified atom stereocenters. The van der Waals surface area contributed by atoms with Crippen LogP contribution in [0.4, 0.5) is 4.39 Å². The van der Waals surface area contributed by atoms with Gasteiger partial charge in [-0.3, -0.25) is 4.99 Å². The van der Waals surface area contributed by atoms with Gasteiger partial charge in [0.15, 0.2) is 0 Å². The Hall–Kier alpha value is -1.09. The van der Waals surface area contributed by atoms with Crippen LogP contribution in [0.15, 0.2) is 23.2 Å². The van der Waals surface area contributed by atoms with Crippen molar-refractivity contribution >= 4 is 18.2 Å². The molecule has 2 rings (SSSR count). The van der Waals surface area contributed by atoms with Gasteiger partial charge in [0.1, 0.15) is 11.7 Å². The first-order chi connectivity index (χ1) is 6.27. The van der Waals surface area contributed by atoms with Gasteiger partial charge in [0, 0.05) is 6.54 Å². The minimum absolute atomic E-state index is 0. The van der Waals surface area contributed by atoms with Gasteiger partial charge in [0.05, 0.1) is 12.1 Å². The highest BCUT2D eigenvalue weighted by Crippen LogP contribution is 2.11. The maximum absolute atomic E-state index is 13.3. The summed E-state index contributed by atoms with van der Waals surface area (Å²) in [6.45, 7) is 3.49. The van der Waals surface area contributed by atoms with Crippen LogP contribution in [0.2, 0.25) is 0 Å². The zero-order valence-corrected chi connectivity index (χ0v) is 8.70. The summed E-state index contributed by atoms with van der Waals surface area (Å²) in [5.74, 6) is 0.472. The number of rotatable bonds is 1. The highest BCUT2D eigenvalue weighted by Gasteiger charge is 2.12. The molecule has 1 aliphatic heterocycles. The van der Waals surface area contributed by atoms with Crippen LogP contribution in [0.5, 0.6) is 0 Å². The van der Waals surface area contributed by atoms with Gasteiger partial charge in [0.25, 0.3) is 0 Å². The number of amidine groups is 1. The molecular formula is C10H12ClFN2. The van der Waals surface area contributed by atoms with E-state index in [9.17, 15) is 4.39 Å². The quantitative estimate of drug-likeness (QED) is 0.759. The number of hydrogen-bond acceptors (Lipinski definition) is 2. The van der Waals surface area contributed by atoms with Crippen molar-refractivity contribution in [3.63, 3.8) is 0 Å². The predicted octanol–water partition coefficient (Wildman–Crippen LogP) is 1.91. The van der Waals surface area contributed by atoms with Crippen molar-refractivity contribution in [2.75, 3.05) is 13.1 Å². The topological polar surface area (TPSA) is 24.4 Å². The van der Waals surface area contributed by atoms with Crippen LogP contribution in [0.3, 0.4) is 0 Å². The molecule has 0 saturated heterocycles. The van der Waals surface area contributed by atoms with Gasteiger partial charge in [-0.1, -0.05) is 11.6 Å². The fourth-order valence-electron chi connectivity index (χ4n) is 1.40. The first-order valence-corrected chi connectivity index (χ1v) is 4.32. The lowest BCUT2D eigenvalue weighted by Gasteiger charge is -2.04. The molecule has 2 nitrogen and oxygen atoms in total. The Morgan fingerprint density at radius 3 is 2.86 bits per heavy atom. The SMILES string of the molecule is Cc1ccc(F)c(C2=NCCN2)c1.Cl. The van der Waals surface area contributed by atoms with Gasteiger partial charge >= 0.3 is 0 Å². The van der Waals surface area contributed by atoms with Crippen molar-refractivity contribution < 1.29 is 4.39 Å². The molecule has 1 N–H and O–H groups in total. The van der Waals surface area contributed by atoms with Crippen LogP contribution in [0, 0.1) is 12.7 Å². The van der Waals surface area contributed by atoms with E-state index in [0.29, 0.717) is 11.4 Å². The average molecular weight is 215 g/mol. The zero-order valence-electron chi connectivity index (χ0n) is 7.88. The molecule has 0 spiro atoms. The summed E-state index contributed by atoms with van der Waals surface area (Å²) >= 11 is 0. The van der Waals surface area contributed by atoms with Gasteiger partial charge in [-0.2, -0.15) is 0 Å². The Balaban J connectivity index is 0.000000980. The third-order valence-corrected chi connectivity index (χ3v) is 2.05. The molecule has 0 radical (unpaired) electrons. The average Bonchev–Trinajstić information content (AvgIpc) is 2.61. The number of benzene rings is 1. The summed E-state index contributed by atoms with van der Waals surface area (Å²) in [5, 5.41) is 3.05. The summed E-state index contributed by atoms with van der Waals surface area (Å²) in [5.41, 5.74) is 1.63. The Labute approximate surface area is 88.6 Å². The minimum atomic E-state index is -0.209. The molecule has 0 bridgehead atoms. The molecule has 1 aliphatic rings. The Morgan fingerprint density at radius 1 is 1.43 bits per heavy atom. The van der Waals surface area contributed by atoms with Crippen molar-refractivity contribution in [2.24, 2.45) is 4.99 Å². The van der Waals surface area contributed by atoms with E-state index in [0.717, 1.165) is 18.7 Å². The van der Waals surface area contributed by atoms with Gasteiger partial charge < -0.3 is 5.32 Å². The summed E-state index contributed by atoms with van der Waals surface area (Å²) in [6.07, 6.45) is 0. The highest BCUT2D eigenvalue weighted by molar-refractivity contribution is 6.00. The highest BCUT2D eigenvalue weighted by atomic mass is 35.5. The van der Waals surface area contributed by atoms with E-state index in [1.54, 1.807) is 6.07 Å². The van der Waals surface area contributed by atoms with E-state index in [2.05, 4.69) is 10.3 Å². The van der Waals surface area contributed by atoms with Crippen LogP contribution >= 0.6 is 12.4 Å². The second-order valence-corrected chi connectivity index (χ2v) is 3.14. The lowest BCUT2D eigenvalue weighted by molar-refractivity contribution is 0.624. The lowest BCUT2D eigenvalue weighted by Crippen LogP contribution is -2.20. The molecule has 0 saturated carbocycles. The largest absolute Gasteiger partial charge is 0.368 e. The smallest absolute Gasteiger partial charge is 0.134 e. The van der Waals surface area contributed by atoms with E-state index in [-0.39, 0.29) is 18.2 Å². The number of nitrogens with one attached hydrogen (secondary N) is 1. The molecule has 1 aromatic carbocycles. The van der Waals surface area contributed by atoms with Crippen molar-refractivity contribution in [1.29, 1.82) is 0 Å². The first-order valence-electron chi connectivity index (χ1n) is 4.32. The molecular weight excluding hydrogens is 203 g/mol. The third-order valence-electron chi connectivity index (χ3n) is 2.05. The fraction of sp³-hybridized carbons (Fsp3) is 0.300. The molecule has 1 aromatic rings. The number of aryl methyl sites for hydroxylation is 1. The van der Waals surface area contributed by atoms with E-state index >= 15 is 0 Å². The summed E-state index contributed by atoms with van der Waals surface area (Å²) in [6, 6.07) is 5.05. The van der Waals surface area contributed by atoms with E-state index < -0.39 is 0 Å². The maximum atomic E-state index is 13.3. The Morgan fingerprint density at radius 2 is 2.21 bits per heavy atom. The van der Waals surface area contributed by atoms with Crippen molar-refractivity contribution in [2.45, 2.75) is 6.92 Å². The summed E-state index contributed by atoms with van der Waals surface area (Å²) in [4.78, 5) is 4.17. The lowest BCUT2D eigenvalue weighted by atomic mass is 10.1. The first kappa shape index (κ1) is 11.0. The van der Waals surface area contributed by atoms with Crippen LogP contribution in [0.1, 0.15) is 11.1 Å². The molecule has 1 heterocycles. The molecule has 0 fully saturated rings. The number of aliphatic imine (C=N–C) groups is 1. The van der Waals surface area contributed by atoms with Crippen LogP contribution in [0.25, 0.3) is 0 Å². The standard InChI is InChI=1S/C10H11FN2.ClH/c1-7-2-3-9(11)8(6-7)10-12-4-5-13-10;/h2-3,6H,4-5H2,1H3,(H,12,13);1H. The molecule has 0 aromatic heterocycles. The van der Waals surface area contributed by atoms with Gasteiger partial charge in [-0.15, -0.1) is 12.4 Å². The zero-order chi connectivity index (χ0) is 9.26. The molecule has 0 amide bonds. The molecule has 0 aliphatic carbocycles. The number of hydrogen-bond donors (Lipinski definition) is 1. The predicted molar refractivity (Wildman–Crippen MR) is 57.8 cm³/mol. The molecule has 14 heavy (non-hydrogen) atoms. The minimum Gasteiger partial charge on any atom is -0.368 e. The fourth-order valence-corrected chi connectivity index (χ4v) is 1.40. The summed E-state index contributed by atoms with van der Waals surface area (Å²) in [7, 11) is 0. The van der Waals surface area contributed by atoms with E-state index in [1.807, 2.05) is 13.0 Å². The number of halogens is 2. The molecule has 76 valence electrons. The van der Waals surface area contributed by atoms with Gasteiger partial charge in [0.2, 0.25) is 0 Å². The molecule has 0 atom stereocenters. The second kappa shape index (κ2) is 4.42.